The van der Waals surface area contributed by atoms with Gasteiger partial charge in [-0.2, -0.15) is 0 Å². The molecule has 0 bridgehead atoms. The summed E-state index contributed by atoms with van der Waals surface area (Å²) in [6.07, 6.45) is 4.01. The third-order valence-corrected chi connectivity index (χ3v) is 7.39. The van der Waals surface area contributed by atoms with Gasteiger partial charge in [-0.1, -0.05) is 23.6 Å². The predicted molar refractivity (Wildman–Crippen MR) is 105 cm³/mol. The molecule has 3 saturated carbocycles. The zero-order chi connectivity index (χ0) is 24.6. The van der Waals surface area contributed by atoms with Gasteiger partial charge < -0.3 is 9.94 Å². The lowest BCUT2D eigenvalue weighted by Gasteiger charge is -2.56. The van der Waals surface area contributed by atoms with Crippen molar-refractivity contribution in [2.24, 2.45) is 34.2 Å². The number of carbonyl (C=O) groups is 1. The van der Waals surface area contributed by atoms with Crippen LogP contribution in [0.5, 0.6) is 0 Å². The highest BCUT2D eigenvalue weighted by Crippen LogP contribution is 2.66. The van der Waals surface area contributed by atoms with Gasteiger partial charge in [0.1, 0.15) is 5.60 Å². The van der Waals surface area contributed by atoms with Crippen LogP contribution < -0.4 is 0 Å². The number of carbonyl (C=O) groups excluding carboxylic acids is 1. The van der Waals surface area contributed by atoms with Gasteiger partial charge in [0.25, 0.3) is 0 Å². The third-order valence-electron chi connectivity index (χ3n) is 7.39. The molecule has 6 atom stereocenters. The van der Waals surface area contributed by atoms with Gasteiger partial charge in [0, 0.05) is 19.2 Å². The number of allylic oxidation sites excluding steroid dienone is 2. The molecule has 4 aliphatic carbocycles. The summed E-state index contributed by atoms with van der Waals surface area (Å²) < 4.78 is 52.9. The van der Waals surface area contributed by atoms with E-state index in [0.29, 0.717) is 32.1 Å². The Hall–Kier alpha value is -1.60. The van der Waals surface area contributed by atoms with E-state index < -0.39 is 47.4 Å². The summed E-state index contributed by atoms with van der Waals surface area (Å²) in [6.45, 7) is 3.11. The Morgan fingerprint density at radius 3 is 2.96 bits per heavy atom. The fraction of sp³-hybridized carbons (Fsp3) is 0.739. The first kappa shape index (κ1) is 12.8. The first-order valence-electron chi connectivity index (χ1n) is 12.9. The van der Waals surface area contributed by atoms with E-state index in [0.717, 1.165) is 6.92 Å². The van der Waals surface area contributed by atoms with Crippen molar-refractivity contribution in [1.29, 1.82) is 0 Å². The number of hydrogen-bond donors (Lipinski definition) is 1. The topological polar surface area (TPSA) is 58.9 Å². The Balaban J connectivity index is 1.85. The van der Waals surface area contributed by atoms with Crippen molar-refractivity contribution in [2.45, 2.75) is 77.1 Å². The fourth-order valence-corrected chi connectivity index (χ4v) is 6.15. The van der Waals surface area contributed by atoms with Crippen LogP contribution in [0.3, 0.4) is 0 Å². The molecular weight excluding hydrogens is 338 g/mol. The minimum absolute atomic E-state index is 0.0719. The van der Waals surface area contributed by atoms with Crippen LogP contribution in [0.25, 0.3) is 0 Å². The molecule has 1 N–H and O–H groups in total. The lowest BCUT2D eigenvalue weighted by Crippen LogP contribution is -2.53. The fourth-order valence-electron chi connectivity index (χ4n) is 6.15. The van der Waals surface area contributed by atoms with E-state index in [1.165, 1.54) is 0 Å². The SMILES string of the molecule is [2H]C1=C2C([2H])([2H])CC3C4CC[C@@](O)(C#C)[C@@]4(CC)CCC3[C@@]2([2H])CC([2H])([2H])/C1=N/OC(C)=O. The van der Waals surface area contributed by atoms with Gasteiger partial charge in [0.15, 0.2) is 0 Å². The van der Waals surface area contributed by atoms with E-state index in [1.807, 2.05) is 6.92 Å². The highest BCUT2D eigenvalue weighted by atomic mass is 16.7. The van der Waals surface area contributed by atoms with E-state index in [2.05, 4.69) is 15.9 Å². The van der Waals surface area contributed by atoms with Crippen LogP contribution in [0.15, 0.2) is 16.8 Å². The molecule has 0 saturated heterocycles. The number of aliphatic hydroxyl groups is 1. The van der Waals surface area contributed by atoms with Gasteiger partial charge in [0.2, 0.25) is 0 Å². The van der Waals surface area contributed by atoms with Crippen molar-refractivity contribution >= 4 is 11.7 Å². The van der Waals surface area contributed by atoms with Crippen LogP contribution in [-0.4, -0.2) is 22.4 Å². The Kier molecular flexibility index (Phi) is 3.21. The largest absolute Gasteiger partial charge is 0.377 e. The van der Waals surface area contributed by atoms with Crippen molar-refractivity contribution in [1.82, 2.24) is 0 Å². The Bertz CT molecular complexity index is 987. The first-order valence-corrected chi connectivity index (χ1v) is 9.87. The number of oxime groups is 1. The zero-order valence-corrected chi connectivity index (χ0v) is 16.0. The molecule has 0 radical (unpaired) electrons. The number of rotatable bonds is 2. The summed E-state index contributed by atoms with van der Waals surface area (Å²) in [5, 5.41) is 14.9. The second-order valence-electron chi connectivity index (χ2n) is 8.25. The maximum absolute atomic E-state index is 11.3. The molecule has 0 aromatic carbocycles. The summed E-state index contributed by atoms with van der Waals surface area (Å²) in [4.78, 5) is 15.9. The van der Waals surface area contributed by atoms with Crippen LogP contribution in [0.1, 0.15) is 79.8 Å². The van der Waals surface area contributed by atoms with Crippen LogP contribution in [-0.2, 0) is 9.63 Å². The number of hydrogen-bond acceptors (Lipinski definition) is 4. The van der Waals surface area contributed by atoms with E-state index in [-0.39, 0.29) is 36.2 Å². The van der Waals surface area contributed by atoms with Gasteiger partial charge in [-0.15, -0.1) is 6.42 Å². The van der Waals surface area contributed by atoms with Crippen molar-refractivity contribution in [3.8, 4) is 12.3 Å². The Morgan fingerprint density at radius 1 is 1.44 bits per heavy atom. The van der Waals surface area contributed by atoms with Gasteiger partial charge in [-0.3, -0.25) is 0 Å². The minimum Gasteiger partial charge on any atom is -0.377 e. The van der Waals surface area contributed by atoms with Crippen molar-refractivity contribution in [3.63, 3.8) is 0 Å². The van der Waals surface area contributed by atoms with Crippen LogP contribution in [0, 0.1) is 41.4 Å². The molecule has 3 fully saturated rings. The van der Waals surface area contributed by atoms with Crippen LogP contribution in [0.4, 0.5) is 0 Å². The summed E-state index contributed by atoms with van der Waals surface area (Å²) in [6, 6.07) is -0.482. The summed E-state index contributed by atoms with van der Waals surface area (Å²) in [7, 11) is 0. The molecule has 0 spiro atoms. The summed E-state index contributed by atoms with van der Waals surface area (Å²) in [5.41, 5.74) is -2.33. The lowest BCUT2D eigenvalue weighted by molar-refractivity contribution is -0.140. The first-order chi connectivity index (χ1) is 15.2. The monoisotopic (exact) mass is 375 g/mol. The molecule has 4 aliphatic rings. The Labute approximate surface area is 170 Å². The van der Waals surface area contributed by atoms with Crippen molar-refractivity contribution in [3.05, 3.63) is 11.6 Å². The molecule has 4 rings (SSSR count). The van der Waals surface area contributed by atoms with Gasteiger partial charge in [-0.25, -0.2) is 4.79 Å². The highest BCUT2D eigenvalue weighted by molar-refractivity contribution is 5.96. The molecule has 4 heteroatoms. The number of fused-ring (bicyclic) bond motifs is 5. The summed E-state index contributed by atoms with van der Waals surface area (Å²) >= 11 is 0. The molecule has 27 heavy (non-hydrogen) atoms. The average Bonchev–Trinajstić information content (AvgIpc) is 2.99. The van der Waals surface area contributed by atoms with E-state index >= 15 is 0 Å². The van der Waals surface area contributed by atoms with Gasteiger partial charge in [0.05, 0.1) is 7.08 Å². The maximum atomic E-state index is 11.3. The smallest absolute Gasteiger partial charge is 0.331 e. The van der Waals surface area contributed by atoms with E-state index in [1.54, 1.807) is 0 Å². The molecule has 0 aliphatic heterocycles. The molecule has 0 aromatic heterocycles. The van der Waals surface area contributed by atoms with Crippen molar-refractivity contribution < 1.29 is 23.0 Å². The molecule has 4 nitrogen and oxygen atoms in total. The quantitative estimate of drug-likeness (QED) is 0.446. The molecular formula is C23H31NO3. The van der Waals surface area contributed by atoms with Crippen LogP contribution >= 0.6 is 0 Å². The Morgan fingerprint density at radius 2 is 2.26 bits per heavy atom. The van der Waals surface area contributed by atoms with E-state index in [9.17, 15) is 11.3 Å². The number of nitrogens with zero attached hydrogens (tertiary/aromatic N) is 1. The lowest BCUT2D eigenvalue weighted by atomic mass is 9.49. The van der Waals surface area contributed by atoms with Gasteiger partial charge in [-0.05, 0) is 87.4 Å². The average molecular weight is 376 g/mol. The zero-order valence-electron chi connectivity index (χ0n) is 22.0. The molecule has 3 unspecified atom stereocenters. The van der Waals surface area contributed by atoms with Crippen molar-refractivity contribution in [2.75, 3.05) is 0 Å². The van der Waals surface area contributed by atoms with Crippen LogP contribution in [0.2, 0.25) is 0 Å². The number of terminal acetylenes is 1. The summed E-state index contributed by atoms with van der Waals surface area (Å²) in [5.74, 6) is -0.484. The molecule has 0 amide bonds. The second-order valence-corrected chi connectivity index (χ2v) is 8.25. The third kappa shape index (κ3) is 2.78. The second kappa shape index (κ2) is 6.78. The normalized spacial score (nSPS) is 54.6. The van der Waals surface area contributed by atoms with E-state index in [4.69, 9.17) is 13.3 Å². The minimum atomic E-state index is -2.23. The maximum Gasteiger partial charge on any atom is 0.331 e. The molecule has 0 aromatic rings. The highest BCUT2D eigenvalue weighted by Gasteiger charge is 2.63. The molecule has 0 heterocycles. The predicted octanol–water partition coefficient (Wildman–Crippen LogP) is 4.23. The molecule has 146 valence electrons. The van der Waals surface area contributed by atoms with Gasteiger partial charge >= 0.3 is 5.97 Å². The standard InChI is InChI=1S/C23H31NO3/c1-4-22-12-10-19-18-9-7-17(24-27-15(3)25)14-16(18)6-8-20(19)21(22)11-13-23(22,26)5-2/h2,14,18-21,26H,4,6-13H2,1,3H3/b24-17-/t18-,19?,20?,21?,22-,23-/m0/s1/i6D2,7D2,14D,18D.